The van der Waals surface area contributed by atoms with E-state index in [2.05, 4.69) is 36.4 Å². The van der Waals surface area contributed by atoms with Gasteiger partial charge in [0.2, 0.25) is 0 Å². The Bertz CT molecular complexity index is 1020. The zero-order valence-electron chi connectivity index (χ0n) is 17.7. The van der Waals surface area contributed by atoms with Gasteiger partial charge in [0.05, 0.1) is 45.0 Å². The van der Waals surface area contributed by atoms with Crippen LogP contribution in [0.15, 0.2) is 18.2 Å². The summed E-state index contributed by atoms with van der Waals surface area (Å²) in [4.78, 5) is 17.8. The molecule has 0 bridgehead atoms. The van der Waals surface area contributed by atoms with Gasteiger partial charge in [-0.25, -0.2) is 0 Å². The standard InChI is InChI=1S/C23H29N4O3/c1-27(6-8-30-9-7-27)13-20-18-11-21-17(16-4-3-5-19(25-20)22(16)18)10-15(23(28)29-2)12-26(21)14-24/h3-5,15,17,21,25H,6-13H2,1-2H3/q+1/t15?,17-,21-/m1/s1. The highest BCUT2D eigenvalue weighted by Crippen LogP contribution is 2.46. The van der Waals surface area contributed by atoms with Gasteiger partial charge >= 0.3 is 5.97 Å². The van der Waals surface area contributed by atoms with E-state index in [1.807, 2.05) is 4.90 Å². The number of likely N-dealkylation sites (tertiary alicyclic amines) is 1. The van der Waals surface area contributed by atoms with Crippen molar-refractivity contribution >= 4 is 16.9 Å². The first-order valence-electron chi connectivity index (χ1n) is 10.8. The number of carbonyl (C=O) groups is 1. The van der Waals surface area contributed by atoms with E-state index in [1.54, 1.807) is 0 Å². The molecule has 7 nitrogen and oxygen atoms in total. The van der Waals surface area contributed by atoms with Crippen LogP contribution in [0, 0.1) is 17.4 Å². The number of nitriles is 1. The number of aromatic nitrogens is 1. The maximum absolute atomic E-state index is 12.3. The lowest BCUT2D eigenvalue weighted by atomic mass is 9.72. The number of ether oxygens (including phenoxy) is 2. The third kappa shape index (κ3) is 3.06. The van der Waals surface area contributed by atoms with Crippen molar-refractivity contribution in [3.8, 4) is 6.19 Å². The molecule has 2 saturated heterocycles. The maximum atomic E-state index is 12.3. The molecule has 1 aliphatic carbocycles. The molecule has 3 heterocycles. The average molecular weight is 410 g/mol. The number of rotatable bonds is 3. The van der Waals surface area contributed by atoms with Crippen LogP contribution in [0.4, 0.5) is 0 Å². The van der Waals surface area contributed by atoms with Crippen molar-refractivity contribution in [2.24, 2.45) is 5.92 Å². The second-order valence-corrected chi connectivity index (χ2v) is 9.28. The monoisotopic (exact) mass is 409 g/mol. The quantitative estimate of drug-likeness (QED) is 0.477. The highest BCUT2D eigenvalue weighted by Gasteiger charge is 2.44. The molecular formula is C23H29N4O3+. The van der Waals surface area contributed by atoms with E-state index in [0.29, 0.717) is 6.54 Å². The van der Waals surface area contributed by atoms with Gasteiger partial charge in [-0.15, -0.1) is 0 Å². The molecule has 3 aliphatic rings. The molecule has 5 rings (SSSR count). The molecule has 158 valence electrons. The number of nitrogens with one attached hydrogen (secondary N) is 1. The number of H-pyrrole nitrogens is 1. The van der Waals surface area contributed by atoms with E-state index >= 15 is 0 Å². The van der Waals surface area contributed by atoms with Gasteiger partial charge in [0, 0.05) is 23.4 Å². The summed E-state index contributed by atoms with van der Waals surface area (Å²) < 4.78 is 11.6. The zero-order chi connectivity index (χ0) is 20.9. The lowest BCUT2D eigenvalue weighted by Crippen LogP contribution is -2.52. The van der Waals surface area contributed by atoms with Crippen molar-refractivity contribution in [1.29, 1.82) is 5.26 Å². The van der Waals surface area contributed by atoms with Gasteiger partial charge in [0.15, 0.2) is 6.19 Å². The molecule has 1 unspecified atom stereocenters. The normalized spacial score (nSPS) is 27.4. The number of likely N-dealkylation sites (N-methyl/N-ethyl adjacent to an activating group) is 1. The summed E-state index contributed by atoms with van der Waals surface area (Å²) in [5.74, 6) is -0.314. The SMILES string of the molecule is COC(=O)C1C[C@@H]2c3cccc4[nH]c(C[N+]5(C)CCOCC5)c(c34)C[C@H]2N(C#N)C1. The average Bonchev–Trinajstić information content (AvgIpc) is 3.10. The summed E-state index contributed by atoms with van der Waals surface area (Å²) in [6.07, 6.45) is 3.95. The molecule has 2 fully saturated rings. The van der Waals surface area contributed by atoms with E-state index in [-0.39, 0.29) is 23.8 Å². The molecule has 2 aliphatic heterocycles. The number of benzene rings is 1. The highest BCUT2D eigenvalue weighted by atomic mass is 16.5. The fraction of sp³-hybridized carbons (Fsp3) is 0.565. The van der Waals surface area contributed by atoms with Crippen molar-refractivity contribution in [2.45, 2.75) is 31.3 Å². The lowest BCUT2D eigenvalue weighted by Gasteiger charge is -2.44. The second kappa shape index (κ2) is 7.29. The Morgan fingerprint density at radius 1 is 1.40 bits per heavy atom. The zero-order valence-corrected chi connectivity index (χ0v) is 17.7. The minimum absolute atomic E-state index is 0.0959. The fourth-order valence-corrected chi connectivity index (χ4v) is 5.77. The summed E-state index contributed by atoms with van der Waals surface area (Å²) >= 11 is 0. The molecular weight excluding hydrogens is 380 g/mol. The Labute approximate surface area is 176 Å². The number of piperidine rings is 1. The Hall–Kier alpha value is -2.56. The third-order valence-electron chi connectivity index (χ3n) is 7.44. The molecule has 0 spiro atoms. The van der Waals surface area contributed by atoms with Gasteiger partial charge in [-0.3, -0.25) is 4.79 Å². The third-order valence-corrected chi connectivity index (χ3v) is 7.44. The molecule has 7 heteroatoms. The Kier molecular flexibility index (Phi) is 4.72. The number of morpholine rings is 1. The van der Waals surface area contributed by atoms with Crippen LogP contribution in [0.5, 0.6) is 0 Å². The summed E-state index contributed by atoms with van der Waals surface area (Å²) in [5, 5.41) is 11.2. The van der Waals surface area contributed by atoms with E-state index in [0.717, 1.165) is 50.2 Å². The fourth-order valence-electron chi connectivity index (χ4n) is 5.77. The van der Waals surface area contributed by atoms with E-state index in [4.69, 9.17) is 9.47 Å². The summed E-state index contributed by atoms with van der Waals surface area (Å²) in [6.45, 7) is 5.03. The van der Waals surface area contributed by atoms with Gasteiger partial charge in [0.25, 0.3) is 0 Å². The number of esters is 1. The topological polar surface area (TPSA) is 78.4 Å². The summed E-state index contributed by atoms with van der Waals surface area (Å²) in [5.41, 5.74) is 5.07. The van der Waals surface area contributed by atoms with Crippen molar-refractivity contribution in [3.63, 3.8) is 0 Å². The first-order chi connectivity index (χ1) is 14.5. The maximum Gasteiger partial charge on any atom is 0.310 e. The molecule has 1 N–H and O–H groups in total. The highest BCUT2D eigenvalue weighted by molar-refractivity contribution is 5.90. The number of fused-ring (bicyclic) bond motifs is 2. The first-order valence-corrected chi connectivity index (χ1v) is 10.8. The molecule has 30 heavy (non-hydrogen) atoms. The van der Waals surface area contributed by atoms with Crippen LogP contribution in [-0.4, -0.2) is 73.4 Å². The van der Waals surface area contributed by atoms with Gasteiger partial charge in [-0.05, 0) is 30.0 Å². The smallest absolute Gasteiger partial charge is 0.310 e. The number of nitrogens with zero attached hydrogens (tertiary/aromatic N) is 3. The molecule has 1 aromatic heterocycles. The number of quaternary nitrogens is 1. The van der Waals surface area contributed by atoms with Crippen LogP contribution < -0.4 is 0 Å². The molecule has 3 atom stereocenters. The van der Waals surface area contributed by atoms with Crippen LogP contribution in [-0.2, 0) is 27.2 Å². The summed E-state index contributed by atoms with van der Waals surface area (Å²) in [7, 11) is 3.73. The number of hydrogen-bond acceptors (Lipinski definition) is 5. The number of hydrogen-bond donors (Lipinski definition) is 1. The molecule has 0 radical (unpaired) electrons. The Balaban J connectivity index is 1.56. The first kappa shape index (κ1) is 19.4. The van der Waals surface area contributed by atoms with Crippen molar-refractivity contribution in [2.75, 3.05) is 47.0 Å². The van der Waals surface area contributed by atoms with E-state index in [9.17, 15) is 10.1 Å². The number of aromatic amines is 1. The second-order valence-electron chi connectivity index (χ2n) is 9.28. The minimum Gasteiger partial charge on any atom is -0.469 e. The van der Waals surface area contributed by atoms with Crippen LogP contribution in [0.25, 0.3) is 10.9 Å². The van der Waals surface area contributed by atoms with Crippen molar-refractivity contribution in [3.05, 3.63) is 35.0 Å². The molecule has 1 aromatic carbocycles. The Morgan fingerprint density at radius 2 is 2.20 bits per heavy atom. The van der Waals surface area contributed by atoms with Crippen LogP contribution in [0.1, 0.15) is 29.2 Å². The number of carbonyl (C=O) groups excluding carboxylic acids is 1. The van der Waals surface area contributed by atoms with Crippen molar-refractivity contribution in [1.82, 2.24) is 9.88 Å². The molecule has 2 aromatic rings. The molecule has 0 amide bonds. The summed E-state index contributed by atoms with van der Waals surface area (Å²) in [6, 6.07) is 6.51. The van der Waals surface area contributed by atoms with Gasteiger partial charge in [0.1, 0.15) is 19.6 Å². The van der Waals surface area contributed by atoms with Gasteiger partial charge in [-0.2, -0.15) is 5.26 Å². The molecule has 0 saturated carbocycles. The van der Waals surface area contributed by atoms with Gasteiger partial charge in [-0.1, -0.05) is 12.1 Å². The minimum atomic E-state index is -0.260. The lowest BCUT2D eigenvalue weighted by molar-refractivity contribution is -0.929. The largest absolute Gasteiger partial charge is 0.469 e. The van der Waals surface area contributed by atoms with Crippen LogP contribution in [0.2, 0.25) is 0 Å². The number of methoxy groups -OCH3 is 1. The van der Waals surface area contributed by atoms with Gasteiger partial charge < -0.3 is 23.8 Å². The predicted octanol–water partition coefficient (Wildman–Crippen LogP) is 2.13. The van der Waals surface area contributed by atoms with Crippen molar-refractivity contribution < 1.29 is 18.8 Å². The van der Waals surface area contributed by atoms with E-state index in [1.165, 1.54) is 34.8 Å². The van der Waals surface area contributed by atoms with Crippen LogP contribution >= 0.6 is 0 Å². The Morgan fingerprint density at radius 3 is 2.93 bits per heavy atom. The predicted molar refractivity (Wildman–Crippen MR) is 111 cm³/mol. The van der Waals surface area contributed by atoms with Crippen LogP contribution in [0.3, 0.4) is 0 Å². The van der Waals surface area contributed by atoms with E-state index < -0.39 is 0 Å².